The lowest BCUT2D eigenvalue weighted by Crippen LogP contribution is -2.34. The summed E-state index contributed by atoms with van der Waals surface area (Å²) in [5, 5.41) is 3.55. The third-order valence-corrected chi connectivity index (χ3v) is 7.29. The number of carbonyl (C=O) groups excluding carboxylic acids is 1. The second kappa shape index (κ2) is 10.3. The number of amides is 1. The topological polar surface area (TPSA) is 76.9 Å². The zero-order valence-electron chi connectivity index (χ0n) is 18.9. The molecule has 0 bridgehead atoms. The van der Waals surface area contributed by atoms with Crippen LogP contribution in [0, 0.1) is 6.92 Å². The van der Waals surface area contributed by atoms with Gasteiger partial charge < -0.3 is 5.32 Å². The normalized spacial score (nSPS) is 12.1. The maximum Gasteiger partial charge on any atom is 0.273 e. The summed E-state index contributed by atoms with van der Waals surface area (Å²) >= 11 is 2.43. The lowest BCUT2D eigenvalue weighted by Gasteiger charge is -2.14. The summed E-state index contributed by atoms with van der Waals surface area (Å²) in [7, 11) is 1.68. The fourth-order valence-electron chi connectivity index (χ4n) is 3.52. The Morgan fingerprint density at radius 2 is 1.88 bits per heavy atom. The van der Waals surface area contributed by atoms with E-state index in [0.29, 0.717) is 21.1 Å². The van der Waals surface area contributed by atoms with E-state index in [4.69, 9.17) is 4.98 Å². The minimum atomic E-state index is -0.144. The molecule has 2 heterocycles. The fourth-order valence-corrected chi connectivity index (χ4v) is 5.11. The second-order valence-electron chi connectivity index (χ2n) is 8.11. The van der Waals surface area contributed by atoms with Crippen LogP contribution in [-0.2, 0) is 18.3 Å². The quantitative estimate of drug-likeness (QED) is 0.296. The van der Waals surface area contributed by atoms with Crippen molar-refractivity contribution in [3.05, 3.63) is 76.1 Å². The lowest BCUT2D eigenvalue weighted by atomic mass is 10.1. The predicted molar refractivity (Wildman–Crippen MR) is 136 cm³/mol. The van der Waals surface area contributed by atoms with Crippen LogP contribution >= 0.6 is 23.3 Å². The van der Waals surface area contributed by atoms with Gasteiger partial charge in [-0.3, -0.25) is 14.2 Å². The smallest absolute Gasteiger partial charge is 0.273 e. The van der Waals surface area contributed by atoms with Crippen LogP contribution in [0.3, 0.4) is 0 Å². The lowest BCUT2D eigenvalue weighted by molar-refractivity contribution is -0.119. The Morgan fingerprint density at radius 3 is 2.61 bits per heavy atom. The van der Waals surface area contributed by atoms with Crippen molar-refractivity contribution in [2.75, 3.05) is 5.75 Å². The van der Waals surface area contributed by atoms with Gasteiger partial charge in [-0.1, -0.05) is 71.9 Å². The highest BCUT2D eigenvalue weighted by atomic mass is 32.2. The van der Waals surface area contributed by atoms with Crippen LogP contribution in [0.15, 0.2) is 64.5 Å². The number of fused-ring (bicyclic) bond motifs is 1. The minimum Gasteiger partial charge on any atom is -0.353 e. The van der Waals surface area contributed by atoms with Crippen LogP contribution in [0.5, 0.6) is 0 Å². The number of carbonyl (C=O) groups is 1. The van der Waals surface area contributed by atoms with Crippen LogP contribution in [0.2, 0.25) is 0 Å². The molecule has 0 spiro atoms. The van der Waals surface area contributed by atoms with Crippen molar-refractivity contribution < 1.29 is 4.79 Å². The summed E-state index contributed by atoms with van der Waals surface area (Å²) < 4.78 is 6.52. The van der Waals surface area contributed by atoms with Crippen LogP contribution in [-0.4, -0.2) is 31.6 Å². The number of nitrogens with one attached hydrogen (secondary N) is 1. The predicted octanol–water partition coefficient (Wildman–Crippen LogP) is 4.60. The van der Waals surface area contributed by atoms with Crippen molar-refractivity contribution >= 4 is 39.4 Å². The van der Waals surface area contributed by atoms with Gasteiger partial charge in [0.05, 0.1) is 5.75 Å². The number of rotatable bonds is 8. The second-order valence-corrected chi connectivity index (χ2v) is 9.83. The van der Waals surface area contributed by atoms with Crippen molar-refractivity contribution in [3.63, 3.8) is 0 Å². The van der Waals surface area contributed by atoms with E-state index in [9.17, 15) is 9.59 Å². The van der Waals surface area contributed by atoms with Gasteiger partial charge >= 0.3 is 0 Å². The first-order chi connectivity index (χ1) is 15.9. The number of thioether (sulfide) groups is 1. The molecule has 1 atom stereocenters. The van der Waals surface area contributed by atoms with Gasteiger partial charge in [0.15, 0.2) is 5.16 Å². The van der Waals surface area contributed by atoms with Crippen LogP contribution in [0.25, 0.3) is 21.5 Å². The van der Waals surface area contributed by atoms with Gasteiger partial charge in [-0.05, 0) is 43.8 Å². The van der Waals surface area contributed by atoms with Crippen LogP contribution in [0.1, 0.15) is 24.5 Å². The van der Waals surface area contributed by atoms with Crippen molar-refractivity contribution in [1.82, 2.24) is 19.2 Å². The van der Waals surface area contributed by atoms with Gasteiger partial charge in [-0.2, -0.15) is 4.37 Å². The molecule has 0 aliphatic carbocycles. The molecule has 4 aromatic rings. The van der Waals surface area contributed by atoms with Gasteiger partial charge in [0, 0.05) is 18.7 Å². The summed E-state index contributed by atoms with van der Waals surface area (Å²) in [6.45, 7) is 4.04. The van der Waals surface area contributed by atoms with E-state index in [1.54, 1.807) is 7.05 Å². The monoisotopic (exact) mass is 478 g/mol. The molecule has 2 aromatic carbocycles. The number of benzene rings is 2. The molecular weight excluding hydrogens is 452 g/mol. The number of aryl methyl sites for hydroxylation is 2. The zero-order valence-corrected chi connectivity index (χ0v) is 20.5. The maximum atomic E-state index is 12.9. The molecule has 33 heavy (non-hydrogen) atoms. The summed E-state index contributed by atoms with van der Waals surface area (Å²) in [6.07, 6.45) is 1.78. The molecule has 0 fully saturated rings. The Kier molecular flexibility index (Phi) is 7.25. The molecule has 6 nitrogen and oxygen atoms in total. The van der Waals surface area contributed by atoms with Crippen molar-refractivity contribution in [2.24, 2.45) is 7.05 Å². The molecule has 0 aliphatic heterocycles. The van der Waals surface area contributed by atoms with E-state index in [1.165, 1.54) is 21.9 Å². The Morgan fingerprint density at radius 1 is 1.15 bits per heavy atom. The number of hydrogen-bond acceptors (Lipinski definition) is 6. The highest BCUT2D eigenvalue weighted by molar-refractivity contribution is 7.99. The molecule has 170 valence electrons. The largest absolute Gasteiger partial charge is 0.353 e. The Hall–Kier alpha value is -2.97. The number of aromatic nitrogens is 3. The molecule has 0 saturated heterocycles. The first kappa shape index (κ1) is 23.2. The third kappa shape index (κ3) is 5.51. The third-order valence-electron chi connectivity index (χ3n) is 5.43. The van der Waals surface area contributed by atoms with Gasteiger partial charge in [-0.25, -0.2) is 4.98 Å². The first-order valence-corrected chi connectivity index (χ1v) is 12.6. The molecule has 8 heteroatoms. The van der Waals surface area contributed by atoms with E-state index in [0.717, 1.165) is 35.5 Å². The molecule has 1 amide bonds. The van der Waals surface area contributed by atoms with Crippen LogP contribution in [0.4, 0.5) is 0 Å². The summed E-state index contributed by atoms with van der Waals surface area (Å²) in [6, 6.07) is 18.3. The highest BCUT2D eigenvalue weighted by Gasteiger charge is 2.18. The average molecular weight is 479 g/mol. The minimum absolute atomic E-state index is 0.0618. The molecule has 0 unspecified atom stereocenters. The van der Waals surface area contributed by atoms with Crippen LogP contribution < -0.4 is 10.9 Å². The molecular formula is C25H26N4O2S2. The van der Waals surface area contributed by atoms with E-state index in [-0.39, 0.29) is 23.3 Å². The Balaban J connectivity index is 1.44. The van der Waals surface area contributed by atoms with E-state index < -0.39 is 0 Å². The molecule has 0 aliphatic rings. The van der Waals surface area contributed by atoms with Crippen molar-refractivity contribution in [1.29, 1.82) is 0 Å². The molecule has 2 aromatic heterocycles. The van der Waals surface area contributed by atoms with Gasteiger partial charge in [0.25, 0.3) is 5.56 Å². The first-order valence-electron chi connectivity index (χ1n) is 10.8. The Bertz CT molecular complexity index is 1310. The van der Waals surface area contributed by atoms with Gasteiger partial charge in [-0.15, -0.1) is 0 Å². The number of hydrogen-bond donors (Lipinski definition) is 1. The molecule has 0 radical (unpaired) electrons. The summed E-state index contributed by atoms with van der Waals surface area (Å²) in [4.78, 5) is 30.1. The van der Waals surface area contributed by atoms with Crippen molar-refractivity contribution in [2.45, 2.75) is 37.9 Å². The van der Waals surface area contributed by atoms with Crippen molar-refractivity contribution in [3.8, 4) is 11.3 Å². The van der Waals surface area contributed by atoms with Gasteiger partial charge in [0.1, 0.15) is 15.9 Å². The fraction of sp³-hybridized carbons (Fsp3) is 0.280. The van der Waals surface area contributed by atoms with E-state index in [2.05, 4.69) is 21.8 Å². The highest BCUT2D eigenvalue weighted by Crippen LogP contribution is 2.29. The maximum absolute atomic E-state index is 12.9. The Labute approximate surface area is 201 Å². The summed E-state index contributed by atoms with van der Waals surface area (Å²) in [5.41, 5.74) is 4.49. The zero-order chi connectivity index (χ0) is 23.4. The van der Waals surface area contributed by atoms with E-state index in [1.807, 2.05) is 56.3 Å². The van der Waals surface area contributed by atoms with Gasteiger partial charge in [0.2, 0.25) is 5.91 Å². The summed E-state index contributed by atoms with van der Waals surface area (Å²) in [5.74, 6) is 0.121. The molecule has 1 N–H and O–H groups in total. The van der Waals surface area contributed by atoms with E-state index >= 15 is 0 Å². The average Bonchev–Trinajstić information content (AvgIpc) is 3.24. The number of nitrogens with zero attached hydrogens (tertiary/aromatic N) is 3. The SMILES string of the molecule is Cc1ccc(-c2nsc3c(=O)n(C)c(SCC(=O)N[C@@H](C)CCc4ccccc4)nc23)cc1. The molecule has 4 rings (SSSR count). The molecule has 0 saturated carbocycles. The standard InChI is InChI=1S/C25H26N4O2S2/c1-16-9-13-19(14-10-16)21-22-23(33-28-21)24(31)29(3)25(27-22)32-15-20(30)26-17(2)11-12-18-7-5-4-6-8-18/h4-10,13-14,17H,11-12,15H2,1-3H3,(H,26,30)/t17-/m0/s1.